The van der Waals surface area contributed by atoms with Crippen molar-refractivity contribution in [2.75, 3.05) is 6.61 Å². The number of aliphatic carboxylic acids is 1. The first-order valence-corrected chi connectivity index (χ1v) is 8.51. The van der Waals surface area contributed by atoms with E-state index < -0.39 is 29.1 Å². The minimum absolute atomic E-state index is 0.0542. The topological polar surface area (TPSA) is 111 Å². The predicted octanol–water partition coefficient (Wildman–Crippen LogP) is 1.62. The lowest BCUT2D eigenvalue weighted by Crippen LogP contribution is -2.42. The summed E-state index contributed by atoms with van der Waals surface area (Å²) in [5, 5.41) is 15.8. The van der Waals surface area contributed by atoms with Crippen LogP contribution in [0.2, 0.25) is 0 Å². The molecule has 0 aliphatic heterocycles. The van der Waals surface area contributed by atoms with Crippen molar-refractivity contribution >= 4 is 11.9 Å². The van der Waals surface area contributed by atoms with Crippen LogP contribution in [0.4, 0.5) is 0 Å². The maximum absolute atomic E-state index is 12.4. The first-order chi connectivity index (χ1) is 12.7. The van der Waals surface area contributed by atoms with Gasteiger partial charge in [-0.15, -0.1) is 0 Å². The van der Waals surface area contributed by atoms with Gasteiger partial charge in [0.2, 0.25) is 0 Å². The van der Waals surface area contributed by atoms with Crippen molar-refractivity contribution in [2.24, 2.45) is 0 Å². The van der Waals surface area contributed by atoms with Crippen LogP contribution in [-0.2, 0) is 9.53 Å². The molecule has 1 amide bonds. The van der Waals surface area contributed by atoms with Crippen molar-refractivity contribution < 1.29 is 19.4 Å². The van der Waals surface area contributed by atoms with Crippen LogP contribution in [0.25, 0.3) is 5.69 Å². The number of carbonyl (C=O) groups excluding carboxylic acids is 1. The van der Waals surface area contributed by atoms with Gasteiger partial charge in [0, 0.05) is 19.1 Å². The van der Waals surface area contributed by atoms with Gasteiger partial charge in [-0.05, 0) is 39.0 Å². The van der Waals surface area contributed by atoms with Crippen LogP contribution < -0.4 is 10.9 Å². The van der Waals surface area contributed by atoms with E-state index in [4.69, 9.17) is 4.74 Å². The Balaban J connectivity index is 2.14. The molecule has 0 aliphatic carbocycles. The molecule has 0 saturated carbocycles. The molecule has 2 aromatic rings. The Bertz CT molecular complexity index is 856. The number of carbonyl (C=O) groups is 2. The molecule has 1 atom stereocenters. The summed E-state index contributed by atoms with van der Waals surface area (Å²) in [5.74, 6) is -1.85. The van der Waals surface area contributed by atoms with Crippen molar-refractivity contribution in [2.45, 2.75) is 38.8 Å². The van der Waals surface area contributed by atoms with E-state index in [1.807, 2.05) is 20.8 Å². The number of aromatic nitrogens is 2. The number of nitrogens with zero attached hydrogens (tertiary/aromatic N) is 2. The van der Waals surface area contributed by atoms with Gasteiger partial charge in [0.15, 0.2) is 0 Å². The van der Waals surface area contributed by atoms with Crippen molar-refractivity contribution in [3.8, 4) is 5.69 Å². The second-order valence-electron chi connectivity index (χ2n) is 6.92. The molecule has 1 aromatic carbocycles. The molecule has 2 N–H and O–H groups in total. The quantitative estimate of drug-likeness (QED) is 0.763. The molecule has 0 radical (unpaired) electrons. The summed E-state index contributed by atoms with van der Waals surface area (Å²) in [6.07, 6.45) is 0.108. The Morgan fingerprint density at radius 1 is 1.19 bits per heavy atom. The maximum atomic E-state index is 12.4. The summed E-state index contributed by atoms with van der Waals surface area (Å²) in [7, 11) is 0. The van der Waals surface area contributed by atoms with Gasteiger partial charge in [-0.3, -0.25) is 9.59 Å². The lowest BCUT2D eigenvalue weighted by Gasteiger charge is -2.21. The van der Waals surface area contributed by atoms with Crippen LogP contribution in [0.15, 0.2) is 47.3 Å². The van der Waals surface area contributed by atoms with Crippen LogP contribution in [0, 0.1) is 0 Å². The van der Waals surface area contributed by atoms with Gasteiger partial charge in [0.25, 0.3) is 11.5 Å². The van der Waals surface area contributed by atoms with Crippen molar-refractivity contribution in [1.29, 1.82) is 0 Å². The summed E-state index contributed by atoms with van der Waals surface area (Å²) in [6.45, 7) is 5.76. The molecule has 8 heteroatoms. The summed E-state index contributed by atoms with van der Waals surface area (Å²) in [6, 6.07) is 9.99. The van der Waals surface area contributed by atoms with Crippen LogP contribution in [0.3, 0.4) is 0 Å². The van der Waals surface area contributed by atoms with E-state index in [1.54, 1.807) is 30.3 Å². The third-order valence-electron chi connectivity index (χ3n) is 3.58. The molecular formula is C19H23N3O5. The number of hydrogen-bond donors (Lipinski definition) is 2. The first-order valence-electron chi connectivity index (χ1n) is 8.51. The molecule has 2 rings (SSSR count). The first kappa shape index (κ1) is 20.3. The minimum Gasteiger partial charge on any atom is -0.480 e. The number of rotatable bonds is 7. The number of nitrogens with one attached hydrogen (secondary N) is 1. The Hall–Kier alpha value is -3.00. The summed E-state index contributed by atoms with van der Waals surface area (Å²) >= 11 is 0. The summed E-state index contributed by atoms with van der Waals surface area (Å²) < 4.78 is 6.60. The molecule has 8 nitrogen and oxygen atoms in total. The van der Waals surface area contributed by atoms with E-state index >= 15 is 0 Å². The average molecular weight is 373 g/mol. The molecule has 0 fully saturated rings. The van der Waals surface area contributed by atoms with E-state index in [0.717, 1.165) is 4.68 Å². The second kappa shape index (κ2) is 8.59. The van der Waals surface area contributed by atoms with Crippen LogP contribution in [0.1, 0.15) is 37.7 Å². The van der Waals surface area contributed by atoms with Gasteiger partial charge >= 0.3 is 5.97 Å². The molecule has 27 heavy (non-hydrogen) atoms. The lowest BCUT2D eigenvalue weighted by molar-refractivity contribution is -0.140. The number of carboxylic acid groups (broad SMARTS) is 1. The molecule has 0 aliphatic rings. The van der Waals surface area contributed by atoms with Crippen LogP contribution in [0.5, 0.6) is 0 Å². The molecule has 1 aromatic heterocycles. The molecule has 1 heterocycles. The largest absolute Gasteiger partial charge is 0.480 e. The lowest BCUT2D eigenvalue weighted by atomic mass is 10.1. The molecule has 1 unspecified atom stereocenters. The zero-order valence-electron chi connectivity index (χ0n) is 15.5. The van der Waals surface area contributed by atoms with Crippen LogP contribution >= 0.6 is 0 Å². The second-order valence-corrected chi connectivity index (χ2v) is 6.92. The number of hydrogen-bond acceptors (Lipinski definition) is 5. The summed E-state index contributed by atoms with van der Waals surface area (Å²) in [5.41, 5.74) is -0.349. The van der Waals surface area contributed by atoms with E-state index in [1.165, 1.54) is 12.1 Å². The van der Waals surface area contributed by atoms with E-state index in [9.17, 15) is 19.5 Å². The SMILES string of the molecule is CC(C)(C)OCCC(NC(=O)c1ccc(=O)n(-c2ccccc2)n1)C(=O)O. The average Bonchev–Trinajstić information content (AvgIpc) is 2.60. The highest BCUT2D eigenvalue weighted by atomic mass is 16.5. The minimum atomic E-state index is -1.17. The fourth-order valence-electron chi connectivity index (χ4n) is 2.26. The van der Waals surface area contributed by atoms with Gasteiger partial charge < -0.3 is 15.2 Å². The molecule has 144 valence electrons. The molecule has 0 saturated heterocycles. The Labute approximate surface area is 156 Å². The standard InChI is InChI=1S/C19H23N3O5/c1-19(2,3)27-12-11-15(18(25)26)20-17(24)14-9-10-16(23)22(21-14)13-7-5-4-6-8-13/h4-10,15H,11-12H2,1-3H3,(H,20,24)(H,25,26). The van der Waals surface area contributed by atoms with Gasteiger partial charge in [-0.25, -0.2) is 4.79 Å². The number of benzene rings is 1. The number of para-hydroxylation sites is 1. The van der Waals surface area contributed by atoms with Crippen molar-refractivity contribution in [3.63, 3.8) is 0 Å². The highest BCUT2D eigenvalue weighted by Crippen LogP contribution is 2.08. The van der Waals surface area contributed by atoms with Gasteiger partial charge in [0.05, 0.1) is 11.3 Å². The predicted molar refractivity (Wildman–Crippen MR) is 99.0 cm³/mol. The number of ether oxygens (including phenoxy) is 1. The molecule has 0 bridgehead atoms. The third-order valence-corrected chi connectivity index (χ3v) is 3.58. The van der Waals surface area contributed by atoms with E-state index in [0.29, 0.717) is 5.69 Å². The Kier molecular flexibility index (Phi) is 6.46. The van der Waals surface area contributed by atoms with Gasteiger partial charge in [0.1, 0.15) is 11.7 Å². The maximum Gasteiger partial charge on any atom is 0.326 e. The highest BCUT2D eigenvalue weighted by Gasteiger charge is 2.23. The Morgan fingerprint density at radius 2 is 1.85 bits per heavy atom. The monoisotopic (exact) mass is 373 g/mol. The zero-order chi connectivity index (χ0) is 20.0. The van der Waals surface area contributed by atoms with Crippen molar-refractivity contribution in [3.05, 3.63) is 58.5 Å². The fraction of sp³-hybridized carbons (Fsp3) is 0.368. The fourth-order valence-corrected chi connectivity index (χ4v) is 2.26. The van der Waals surface area contributed by atoms with Gasteiger partial charge in [-0.1, -0.05) is 18.2 Å². The number of carboxylic acids is 1. The smallest absolute Gasteiger partial charge is 0.326 e. The normalized spacial score (nSPS) is 12.4. The van der Waals surface area contributed by atoms with E-state index in [2.05, 4.69) is 10.4 Å². The van der Waals surface area contributed by atoms with Crippen LogP contribution in [-0.4, -0.2) is 45.0 Å². The zero-order valence-corrected chi connectivity index (χ0v) is 15.5. The Morgan fingerprint density at radius 3 is 2.44 bits per heavy atom. The van der Waals surface area contributed by atoms with E-state index in [-0.39, 0.29) is 18.7 Å². The highest BCUT2D eigenvalue weighted by molar-refractivity contribution is 5.94. The van der Waals surface area contributed by atoms with Gasteiger partial charge in [-0.2, -0.15) is 9.78 Å². The molecular weight excluding hydrogens is 350 g/mol. The third kappa shape index (κ3) is 6.03. The summed E-state index contributed by atoms with van der Waals surface area (Å²) in [4.78, 5) is 35.9. The molecule has 0 spiro atoms. The van der Waals surface area contributed by atoms with Crippen molar-refractivity contribution in [1.82, 2.24) is 15.1 Å². The number of amides is 1.